The van der Waals surface area contributed by atoms with Gasteiger partial charge in [-0.3, -0.25) is 4.79 Å². The summed E-state index contributed by atoms with van der Waals surface area (Å²) in [5, 5.41) is 14.5. The van der Waals surface area contributed by atoms with Gasteiger partial charge in [0, 0.05) is 22.6 Å². The van der Waals surface area contributed by atoms with Gasteiger partial charge in [0.05, 0.1) is 24.8 Å². The minimum atomic E-state index is -3.79. The SMILES string of the molecule is COc1cc([C@H]2CC(=O)Nc3c(S(=O)(=O)c4ccccc4)csc32)cc(OC)c1O. The summed E-state index contributed by atoms with van der Waals surface area (Å²) in [4.78, 5) is 13.4. The molecule has 1 amide bonds. The number of carbonyl (C=O) groups excluding carboxylic acids is 1. The van der Waals surface area contributed by atoms with E-state index in [0.29, 0.717) is 11.3 Å². The predicted molar refractivity (Wildman–Crippen MR) is 113 cm³/mol. The number of aromatic hydroxyl groups is 1. The zero-order valence-corrected chi connectivity index (χ0v) is 17.8. The zero-order valence-electron chi connectivity index (χ0n) is 16.2. The van der Waals surface area contributed by atoms with Crippen LogP contribution in [-0.2, 0) is 14.6 Å². The lowest BCUT2D eigenvalue weighted by atomic mass is 9.90. The van der Waals surface area contributed by atoms with Gasteiger partial charge in [-0.1, -0.05) is 18.2 Å². The lowest BCUT2D eigenvalue weighted by Gasteiger charge is -2.24. The van der Waals surface area contributed by atoms with Crippen molar-refractivity contribution in [3.63, 3.8) is 0 Å². The number of hydrogen-bond acceptors (Lipinski definition) is 7. The van der Waals surface area contributed by atoms with Gasteiger partial charge < -0.3 is 19.9 Å². The highest BCUT2D eigenvalue weighted by molar-refractivity contribution is 7.91. The molecule has 0 saturated carbocycles. The third kappa shape index (κ3) is 3.29. The Hall–Kier alpha value is -3.04. The van der Waals surface area contributed by atoms with Crippen molar-refractivity contribution in [1.29, 1.82) is 0 Å². The first-order chi connectivity index (χ1) is 14.4. The molecule has 0 spiro atoms. The fourth-order valence-corrected chi connectivity index (χ4v) is 6.44. The number of phenols is 1. The number of fused-ring (bicyclic) bond motifs is 1. The first-order valence-corrected chi connectivity index (χ1v) is 11.4. The normalized spacial score (nSPS) is 15.9. The van der Waals surface area contributed by atoms with Crippen molar-refractivity contribution in [1.82, 2.24) is 0 Å². The van der Waals surface area contributed by atoms with Crippen molar-refractivity contribution >= 4 is 32.8 Å². The molecule has 2 heterocycles. The Morgan fingerprint density at radius 3 is 2.33 bits per heavy atom. The molecule has 0 fully saturated rings. The van der Waals surface area contributed by atoms with Crippen LogP contribution in [0.3, 0.4) is 0 Å². The Balaban J connectivity index is 1.85. The third-order valence-corrected chi connectivity index (χ3v) is 8.04. The molecule has 1 aliphatic heterocycles. The van der Waals surface area contributed by atoms with Crippen molar-refractivity contribution in [2.45, 2.75) is 22.1 Å². The first kappa shape index (κ1) is 20.2. The molecule has 0 unspecified atom stereocenters. The van der Waals surface area contributed by atoms with Crippen LogP contribution in [0.15, 0.2) is 57.6 Å². The number of rotatable bonds is 5. The average Bonchev–Trinajstić information content (AvgIpc) is 3.18. The quantitative estimate of drug-likeness (QED) is 0.620. The lowest BCUT2D eigenvalue weighted by Crippen LogP contribution is -2.23. The summed E-state index contributed by atoms with van der Waals surface area (Å²) in [5.41, 5.74) is 0.985. The van der Waals surface area contributed by atoms with Gasteiger partial charge in [0.1, 0.15) is 4.90 Å². The molecule has 7 nitrogen and oxygen atoms in total. The van der Waals surface area contributed by atoms with Gasteiger partial charge in [0.2, 0.25) is 21.5 Å². The fourth-order valence-electron chi connectivity index (χ4n) is 3.51. The number of sulfone groups is 1. The molecule has 30 heavy (non-hydrogen) atoms. The van der Waals surface area contributed by atoms with Gasteiger partial charge in [0.15, 0.2) is 11.5 Å². The second-order valence-electron chi connectivity index (χ2n) is 6.73. The molecule has 1 atom stereocenters. The Kier molecular flexibility index (Phi) is 5.17. The number of amides is 1. The second kappa shape index (κ2) is 7.66. The molecular formula is C21H19NO6S2. The van der Waals surface area contributed by atoms with Crippen LogP contribution in [0.4, 0.5) is 5.69 Å². The molecule has 0 bridgehead atoms. The van der Waals surface area contributed by atoms with Crippen LogP contribution in [0.1, 0.15) is 22.8 Å². The van der Waals surface area contributed by atoms with Crippen molar-refractivity contribution in [2.24, 2.45) is 0 Å². The summed E-state index contributed by atoms with van der Waals surface area (Å²) in [6.45, 7) is 0. The van der Waals surface area contributed by atoms with E-state index in [1.807, 2.05) is 0 Å². The molecule has 0 aliphatic carbocycles. The number of anilines is 1. The van der Waals surface area contributed by atoms with Gasteiger partial charge in [-0.15, -0.1) is 11.3 Å². The summed E-state index contributed by atoms with van der Waals surface area (Å²) in [5.74, 6) is -0.401. The molecule has 156 valence electrons. The van der Waals surface area contributed by atoms with Gasteiger partial charge in [-0.25, -0.2) is 8.42 Å². The highest BCUT2D eigenvalue weighted by Gasteiger charge is 2.35. The third-order valence-electron chi connectivity index (χ3n) is 5.00. The first-order valence-electron chi connectivity index (χ1n) is 9.03. The molecule has 0 saturated heterocycles. The topological polar surface area (TPSA) is 102 Å². The minimum Gasteiger partial charge on any atom is -0.502 e. The lowest BCUT2D eigenvalue weighted by molar-refractivity contribution is -0.116. The maximum atomic E-state index is 13.1. The molecule has 3 aromatic rings. The van der Waals surface area contributed by atoms with Crippen molar-refractivity contribution in [3.8, 4) is 17.2 Å². The Bertz CT molecular complexity index is 1190. The maximum absolute atomic E-state index is 13.1. The maximum Gasteiger partial charge on any atom is 0.225 e. The minimum absolute atomic E-state index is 0.0736. The van der Waals surface area contributed by atoms with Crippen LogP contribution < -0.4 is 14.8 Å². The zero-order chi connectivity index (χ0) is 21.5. The van der Waals surface area contributed by atoms with Crippen LogP contribution in [0.5, 0.6) is 17.2 Å². The highest BCUT2D eigenvalue weighted by Crippen LogP contribution is 2.48. The summed E-state index contributed by atoms with van der Waals surface area (Å²) >= 11 is 1.27. The van der Waals surface area contributed by atoms with Gasteiger partial charge in [-0.2, -0.15) is 0 Å². The number of nitrogens with one attached hydrogen (secondary N) is 1. The van der Waals surface area contributed by atoms with Crippen LogP contribution >= 0.6 is 11.3 Å². The van der Waals surface area contributed by atoms with E-state index in [-0.39, 0.29) is 39.4 Å². The smallest absolute Gasteiger partial charge is 0.225 e. The van der Waals surface area contributed by atoms with E-state index in [1.54, 1.807) is 35.7 Å². The van der Waals surface area contributed by atoms with Crippen LogP contribution in [0.2, 0.25) is 0 Å². The van der Waals surface area contributed by atoms with E-state index in [4.69, 9.17) is 9.47 Å². The van der Waals surface area contributed by atoms with E-state index < -0.39 is 15.8 Å². The summed E-state index contributed by atoms with van der Waals surface area (Å²) in [6, 6.07) is 11.4. The highest BCUT2D eigenvalue weighted by atomic mass is 32.2. The molecule has 1 aliphatic rings. The van der Waals surface area contributed by atoms with Crippen molar-refractivity contribution in [3.05, 3.63) is 58.3 Å². The van der Waals surface area contributed by atoms with Gasteiger partial charge >= 0.3 is 0 Å². The van der Waals surface area contributed by atoms with E-state index in [0.717, 1.165) is 4.88 Å². The number of benzene rings is 2. The van der Waals surface area contributed by atoms with Crippen LogP contribution in [0, 0.1) is 0 Å². The van der Waals surface area contributed by atoms with Crippen LogP contribution in [-0.4, -0.2) is 33.7 Å². The molecular weight excluding hydrogens is 426 g/mol. The summed E-state index contributed by atoms with van der Waals surface area (Å²) in [6.07, 6.45) is 0.134. The second-order valence-corrected chi connectivity index (χ2v) is 9.56. The number of hydrogen-bond donors (Lipinski definition) is 2. The van der Waals surface area contributed by atoms with Crippen molar-refractivity contribution < 1.29 is 27.8 Å². The summed E-state index contributed by atoms with van der Waals surface area (Å²) in [7, 11) is -0.945. The Labute approximate surface area is 177 Å². The molecule has 9 heteroatoms. The molecule has 0 radical (unpaired) electrons. The Morgan fingerprint density at radius 2 is 1.73 bits per heavy atom. The average molecular weight is 446 g/mol. The van der Waals surface area contributed by atoms with E-state index in [2.05, 4.69) is 5.32 Å². The van der Waals surface area contributed by atoms with E-state index in [1.165, 1.54) is 37.7 Å². The largest absolute Gasteiger partial charge is 0.502 e. The van der Waals surface area contributed by atoms with Crippen LogP contribution in [0.25, 0.3) is 0 Å². The molecule has 4 rings (SSSR count). The molecule has 2 N–H and O–H groups in total. The van der Waals surface area contributed by atoms with E-state index in [9.17, 15) is 18.3 Å². The number of carbonyl (C=O) groups is 1. The number of phenolic OH excluding ortho intramolecular Hbond substituents is 1. The predicted octanol–water partition coefficient (Wildman–Crippen LogP) is 3.78. The van der Waals surface area contributed by atoms with Gasteiger partial charge in [0.25, 0.3) is 0 Å². The summed E-state index contributed by atoms with van der Waals surface area (Å²) < 4.78 is 36.7. The molecule has 2 aromatic carbocycles. The number of methoxy groups -OCH3 is 2. The fraction of sp³-hybridized carbons (Fsp3) is 0.190. The van der Waals surface area contributed by atoms with Crippen molar-refractivity contribution in [2.75, 3.05) is 19.5 Å². The Morgan fingerprint density at radius 1 is 1.10 bits per heavy atom. The number of thiophene rings is 1. The van der Waals surface area contributed by atoms with Gasteiger partial charge in [-0.05, 0) is 29.8 Å². The standard InChI is InChI=1S/C21H19NO6S2/c1-27-15-8-12(9-16(28-2)20(15)24)14-10-18(23)22-19-17(11-29-21(14)19)30(25,26)13-6-4-3-5-7-13/h3-9,11,14,24H,10H2,1-2H3,(H,22,23)/t14-/m1/s1. The number of ether oxygens (including phenoxy) is 2. The van der Waals surface area contributed by atoms with E-state index >= 15 is 0 Å². The monoisotopic (exact) mass is 445 g/mol. The molecule has 1 aromatic heterocycles.